The zero-order valence-corrected chi connectivity index (χ0v) is 9.28. The first-order chi connectivity index (χ1) is 7.15. The second-order valence-corrected chi connectivity index (χ2v) is 4.29. The first-order valence-electron chi connectivity index (χ1n) is 5.54. The maximum absolute atomic E-state index is 10.7. The molecule has 84 valence electrons. The molecule has 0 spiro atoms. The van der Waals surface area contributed by atoms with E-state index in [0.29, 0.717) is 18.5 Å². The fourth-order valence-electron chi connectivity index (χ4n) is 2.37. The molecular formula is C12H19NO2. The Morgan fingerprint density at radius 2 is 2.20 bits per heavy atom. The lowest BCUT2D eigenvalue weighted by atomic mass is 9.98. The number of rotatable bonds is 5. The number of carboxylic acid groups (broad SMARTS) is 1. The van der Waals surface area contributed by atoms with Crippen molar-refractivity contribution >= 4 is 5.97 Å². The van der Waals surface area contributed by atoms with Gasteiger partial charge in [0.25, 0.3) is 0 Å². The molecule has 0 aromatic heterocycles. The zero-order valence-electron chi connectivity index (χ0n) is 9.28. The van der Waals surface area contributed by atoms with Crippen LogP contribution in [0, 0.1) is 18.3 Å². The van der Waals surface area contributed by atoms with Crippen molar-refractivity contribution in [3.8, 4) is 12.3 Å². The molecule has 1 saturated carbocycles. The molecule has 0 saturated heterocycles. The number of hydrogen-bond donors (Lipinski definition) is 1. The molecule has 0 aromatic carbocycles. The first kappa shape index (κ1) is 12.1. The quantitative estimate of drug-likeness (QED) is 0.699. The predicted octanol–water partition coefficient (Wildman–Crippen LogP) is 1.58. The van der Waals surface area contributed by atoms with Gasteiger partial charge in [-0.05, 0) is 25.7 Å². The van der Waals surface area contributed by atoms with Crippen LogP contribution in [-0.4, -0.2) is 35.1 Å². The van der Waals surface area contributed by atoms with Gasteiger partial charge >= 0.3 is 5.97 Å². The topological polar surface area (TPSA) is 40.5 Å². The molecule has 0 amide bonds. The number of nitrogens with zero attached hydrogens (tertiary/aromatic N) is 1. The molecule has 0 aromatic rings. The molecule has 0 heterocycles. The highest BCUT2D eigenvalue weighted by molar-refractivity contribution is 5.69. The van der Waals surface area contributed by atoms with E-state index >= 15 is 0 Å². The standard InChI is InChI=1S/C12H19NO2/c1-3-8-13(9-12(14)15)10(2)11-6-4-5-7-11/h1,10-11H,4-9H2,2H3,(H,14,15). The van der Waals surface area contributed by atoms with Gasteiger partial charge in [-0.2, -0.15) is 0 Å². The summed E-state index contributed by atoms with van der Waals surface area (Å²) in [5, 5.41) is 8.79. The average Bonchev–Trinajstić information content (AvgIpc) is 2.68. The van der Waals surface area contributed by atoms with Crippen molar-refractivity contribution in [1.82, 2.24) is 4.90 Å². The molecule has 1 fully saturated rings. The molecule has 1 rings (SSSR count). The van der Waals surface area contributed by atoms with Crippen LogP contribution in [0.3, 0.4) is 0 Å². The van der Waals surface area contributed by atoms with Crippen LogP contribution in [0.5, 0.6) is 0 Å². The predicted molar refractivity (Wildman–Crippen MR) is 59.5 cm³/mol. The number of aliphatic carboxylic acids is 1. The van der Waals surface area contributed by atoms with Crippen LogP contribution in [0.2, 0.25) is 0 Å². The molecule has 0 bridgehead atoms. The summed E-state index contributed by atoms with van der Waals surface area (Å²) < 4.78 is 0. The van der Waals surface area contributed by atoms with Crippen LogP contribution in [0.15, 0.2) is 0 Å². The number of terminal acetylenes is 1. The Balaban J connectivity index is 2.53. The summed E-state index contributed by atoms with van der Waals surface area (Å²) in [4.78, 5) is 12.6. The second kappa shape index (κ2) is 5.77. The van der Waals surface area contributed by atoms with E-state index in [1.807, 2.05) is 4.90 Å². The van der Waals surface area contributed by atoms with E-state index in [1.54, 1.807) is 0 Å². The molecule has 15 heavy (non-hydrogen) atoms. The lowest BCUT2D eigenvalue weighted by molar-refractivity contribution is -0.138. The lowest BCUT2D eigenvalue weighted by Crippen LogP contribution is -2.41. The molecule has 0 aliphatic heterocycles. The first-order valence-corrected chi connectivity index (χ1v) is 5.54. The van der Waals surface area contributed by atoms with E-state index in [-0.39, 0.29) is 6.54 Å². The molecular weight excluding hydrogens is 190 g/mol. The summed E-state index contributed by atoms with van der Waals surface area (Å²) in [5.41, 5.74) is 0. The van der Waals surface area contributed by atoms with Gasteiger partial charge in [0.2, 0.25) is 0 Å². The maximum Gasteiger partial charge on any atom is 0.317 e. The van der Waals surface area contributed by atoms with Crippen LogP contribution in [0.4, 0.5) is 0 Å². The summed E-state index contributed by atoms with van der Waals surface area (Å²) in [6.07, 6.45) is 10.2. The Hall–Kier alpha value is -1.01. The molecule has 0 radical (unpaired) electrons. The third kappa shape index (κ3) is 3.56. The number of carboxylic acids is 1. The van der Waals surface area contributed by atoms with Crippen LogP contribution in [-0.2, 0) is 4.79 Å². The van der Waals surface area contributed by atoms with E-state index in [9.17, 15) is 4.79 Å². The van der Waals surface area contributed by atoms with Crippen molar-refractivity contribution in [3.63, 3.8) is 0 Å². The minimum absolute atomic E-state index is 0.0574. The van der Waals surface area contributed by atoms with E-state index in [1.165, 1.54) is 25.7 Å². The monoisotopic (exact) mass is 209 g/mol. The van der Waals surface area contributed by atoms with Gasteiger partial charge in [0.15, 0.2) is 0 Å². The summed E-state index contributed by atoms with van der Waals surface area (Å²) in [6, 6.07) is 0.291. The van der Waals surface area contributed by atoms with E-state index in [4.69, 9.17) is 11.5 Å². The number of carbonyl (C=O) groups is 1. The van der Waals surface area contributed by atoms with Crippen LogP contribution >= 0.6 is 0 Å². The van der Waals surface area contributed by atoms with Crippen molar-refractivity contribution < 1.29 is 9.90 Å². The van der Waals surface area contributed by atoms with Gasteiger partial charge in [-0.3, -0.25) is 9.69 Å². The Morgan fingerprint density at radius 1 is 1.60 bits per heavy atom. The minimum Gasteiger partial charge on any atom is -0.480 e. The van der Waals surface area contributed by atoms with Gasteiger partial charge in [-0.1, -0.05) is 18.8 Å². The second-order valence-electron chi connectivity index (χ2n) is 4.29. The third-order valence-corrected chi connectivity index (χ3v) is 3.29. The highest BCUT2D eigenvalue weighted by atomic mass is 16.4. The summed E-state index contributed by atoms with van der Waals surface area (Å²) in [7, 11) is 0. The summed E-state index contributed by atoms with van der Waals surface area (Å²) >= 11 is 0. The van der Waals surface area contributed by atoms with Gasteiger partial charge in [0.1, 0.15) is 0 Å². The summed E-state index contributed by atoms with van der Waals surface area (Å²) in [5.74, 6) is 2.37. The van der Waals surface area contributed by atoms with Gasteiger partial charge in [-0.25, -0.2) is 0 Å². The smallest absolute Gasteiger partial charge is 0.317 e. The molecule has 1 aliphatic rings. The largest absolute Gasteiger partial charge is 0.480 e. The van der Waals surface area contributed by atoms with Crippen molar-refractivity contribution in [2.45, 2.75) is 38.6 Å². The number of hydrogen-bond acceptors (Lipinski definition) is 2. The van der Waals surface area contributed by atoms with E-state index in [0.717, 1.165) is 0 Å². The normalized spacial score (nSPS) is 19.0. The molecule has 1 atom stereocenters. The molecule has 1 unspecified atom stereocenters. The third-order valence-electron chi connectivity index (χ3n) is 3.29. The van der Waals surface area contributed by atoms with Gasteiger partial charge < -0.3 is 5.11 Å². The Morgan fingerprint density at radius 3 is 2.67 bits per heavy atom. The van der Waals surface area contributed by atoms with Crippen molar-refractivity contribution in [2.75, 3.05) is 13.1 Å². The maximum atomic E-state index is 10.7. The highest BCUT2D eigenvalue weighted by Gasteiger charge is 2.26. The fourth-order valence-corrected chi connectivity index (χ4v) is 2.37. The highest BCUT2D eigenvalue weighted by Crippen LogP contribution is 2.29. The van der Waals surface area contributed by atoms with Crippen LogP contribution < -0.4 is 0 Å². The fraction of sp³-hybridized carbons (Fsp3) is 0.750. The van der Waals surface area contributed by atoms with Crippen molar-refractivity contribution in [1.29, 1.82) is 0 Å². The van der Waals surface area contributed by atoms with E-state index < -0.39 is 5.97 Å². The zero-order chi connectivity index (χ0) is 11.3. The molecule has 3 heteroatoms. The minimum atomic E-state index is -0.796. The van der Waals surface area contributed by atoms with Crippen molar-refractivity contribution in [2.24, 2.45) is 5.92 Å². The van der Waals surface area contributed by atoms with E-state index in [2.05, 4.69) is 12.8 Å². The average molecular weight is 209 g/mol. The Bertz CT molecular complexity index is 251. The molecule has 1 aliphatic carbocycles. The molecule has 3 nitrogen and oxygen atoms in total. The SMILES string of the molecule is C#CCN(CC(=O)O)C(C)C1CCCC1. The Kier molecular flexibility index (Phi) is 4.64. The van der Waals surface area contributed by atoms with Crippen LogP contribution in [0.25, 0.3) is 0 Å². The van der Waals surface area contributed by atoms with Crippen molar-refractivity contribution in [3.05, 3.63) is 0 Å². The Labute approximate surface area is 91.5 Å². The van der Waals surface area contributed by atoms with Gasteiger partial charge in [0, 0.05) is 6.04 Å². The van der Waals surface area contributed by atoms with Gasteiger partial charge in [-0.15, -0.1) is 6.42 Å². The molecule has 1 N–H and O–H groups in total. The van der Waals surface area contributed by atoms with Gasteiger partial charge in [0.05, 0.1) is 13.1 Å². The van der Waals surface area contributed by atoms with Crippen LogP contribution in [0.1, 0.15) is 32.6 Å². The lowest BCUT2D eigenvalue weighted by Gasteiger charge is -2.30. The summed E-state index contributed by atoms with van der Waals surface area (Å²) in [6.45, 7) is 2.59.